The van der Waals surface area contributed by atoms with Gasteiger partial charge in [0.1, 0.15) is 16.3 Å². The molecule has 0 spiro atoms. The molecule has 1 aliphatic rings. The maximum atomic E-state index is 10.6. The Balaban J connectivity index is 1.55. The summed E-state index contributed by atoms with van der Waals surface area (Å²) >= 11 is 1.74. The minimum atomic E-state index is -0.678. The zero-order valence-corrected chi connectivity index (χ0v) is 16.9. The summed E-state index contributed by atoms with van der Waals surface area (Å²) in [6.07, 6.45) is 12.3. The summed E-state index contributed by atoms with van der Waals surface area (Å²) in [6, 6.07) is 0. The van der Waals surface area contributed by atoms with E-state index in [1.165, 1.54) is 23.3 Å². The molecule has 4 aromatic heterocycles. The number of aromatic nitrogens is 6. The Morgan fingerprint density at radius 1 is 1.21 bits per heavy atom. The number of aliphatic hydroxyl groups excluding tert-OH is 1. The van der Waals surface area contributed by atoms with Crippen molar-refractivity contribution in [3.05, 3.63) is 47.0 Å². The van der Waals surface area contributed by atoms with E-state index in [0.29, 0.717) is 18.1 Å². The molecule has 0 aromatic carbocycles. The van der Waals surface area contributed by atoms with Gasteiger partial charge in [0.05, 0.1) is 23.9 Å². The van der Waals surface area contributed by atoms with E-state index in [1.54, 1.807) is 40.8 Å². The predicted molar refractivity (Wildman–Crippen MR) is 112 cm³/mol. The monoisotopic (exact) mass is 407 g/mol. The van der Waals surface area contributed by atoms with E-state index in [-0.39, 0.29) is 0 Å². The minimum absolute atomic E-state index is 0.336. The molecule has 1 aliphatic carbocycles. The van der Waals surface area contributed by atoms with Gasteiger partial charge in [-0.25, -0.2) is 15.0 Å². The second-order valence-corrected chi connectivity index (χ2v) is 8.31. The number of nitrogens with zero attached hydrogens (tertiary/aromatic N) is 6. The summed E-state index contributed by atoms with van der Waals surface area (Å²) in [5.74, 6) is 1.29. The highest BCUT2D eigenvalue weighted by Gasteiger charge is 2.22. The number of hydrogen-bond donors (Lipinski definition) is 2. The van der Waals surface area contributed by atoms with Gasteiger partial charge < -0.3 is 10.4 Å². The first kappa shape index (κ1) is 18.1. The van der Waals surface area contributed by atoms with Gasteiger partial charge in [-0.15, -0.1) is 11.3 Å². The maximum Gasteiger partial charge on any atom is 0.183 e. The van der Waals surface area contributed by atoms with Gasteiger partial charge in [-0.1, -0.05) is 0 Å². The number of anilines is 1. The molecule has 2 N–H and O–H groups in total. The molecule has 4 aromatic rings. The highest BCUT2D eigenvalue weighted by Crippen LogP contribution is 2.39. The highest BCUT2D eigenvalue weighted by molar-refractivity contribution is 7.19. The first-order chi connectivity index (χ1) is 14.2. The van der Waals surface area contributed by atoms with Crippen molar-refractivity contribution in [2.45, 2.75) is 31.8 Å². The Hall–Kier alpha value is -2.91. The Labute approximate surface area is 171 Å². The Kier molecular flexibility index (Phi) is 4.69. The lowest BCUT2D eigenvalue weighted by Crippen LogP contribution is -2.14. The SMILES string of the molecule is Cn1cc(C(O)CNc2nc(-c3cnccn3)nc3sc4c(c23)CCCC4)cn1. The molecule has 0 amide bonds. The summed E-state index contributed by atoms with van der Waals surface area (Å²) in [5.41, 5.74) is 2.75. The smallest absolute Gasteiger partial charge is 0.183 e. The molecule has 0 saturated heterocycles. The van der Waals surface area contributed by atoms with E-state index in [0.717, 1.165) is 34.4 Å². The Morgan fingerprint density at radius 2 is 2.10 bits per heavy atom. The largest absolute Gasteiger partial charge is 0.386 e. The van der Waals surface area contributed by atoms with Gasteiger partial charge in [0, 0.05) is 42.6 Å². The van der Waals surface area contributed by atoms with Crippen LogP contribution in [0.2, 0.25) is 0 Å². The molecule has 5 rings (SSSR count). The second-order valence-electron chi connectivity index (χ2n) is 7.22. The number of nitrogens with one attached hydrogen (secondary N) is 1. The van der Waals surface area contributed by atoms with Gasteiger partial charge in [0.25, 0.3) is 0 Å². The van der Waals surface area contributed by atoms with Gasteiger partial charge in [-0.3, -0.25) is 9.67 Å². The lowest BCUT2D eigenvalue weighted by atomic mass is 9.97. The third kappa shape index (κ3) is 3.47. The van der Waals surface area contributed by atoms with E-state index in [9.17, 15) is 5.11 Å². The van der Waals surface area contributed by atoms with Crippen molar-refractivity contribution in [3.63, 3.8) is 0 Å². The van der Waals surface area contributed by atoms with Crippen LogP contribution in [0.5, 0.6) is 0 Å². The van der Waals surface area contributed by atoms with Crippen molar-refractivity contribution in [1.82, 2.24) is 29.7 Å². The topological polar surface area (TPSA) is 102 Å². The van der Waals surface area contributed by atoms with Crippen molar-refractivity contribution in [2.75, 3.05) is 11.9 Å². The van der Waals surface area contributed by atoms with Crippen molar-refractivity contribution in [2.24, 2.45) is 7.05 Å². The summed E-state index contributed by atoms with van der Waals surface area (Å²) in [5, 5.41) is 19.1. The van der Waals surface area contributed by atoms with Crippen molar-refractivity contribution in [1.29, 1.82) is 0 Å². The molecule has 9 heteroatoms. The summed E-state index contributed by atoms with van der Waals surface area (Å²) in [4.78, 5) is 20.4. The van der Waals surface area contributed by atoms with Crippen LogP contribution in [0, 0.1) is 0 Å². The highest BCUT2D eigenvalue weighted by atomic mass is 32.1. The quantitative estimate of drug-likeness (QED) is 0.524. The van der Waals surface area contributed by atoms with Crippen LogP contribution < -0.4 is 5.32 Å². The van der Waals surface area contributed by atoms with Gasteiger partial charge >= 0.3 is 0 Å². The van der Waals surface area contributed by atoms with Crippen LogP contribution in [-0.4, -0.2) is 41.4 Å². The van der Waals surface area contributed by atoms with E-state index < -0.39 is 6.10 Å². The van der Waals surface area contributed by atoms with Crippen LogP contribution in [0.1, 0.15) is 34.9 Å². The molecule has 0 fully saturated rings. The van der Waals surface area contributed by atoms with Gasteiger partial charge in [0.2, 0.25) is 0 Å². The summed E-state index contributed by atoms with van der Waals surface area (Å²) < 4.78 is 1.68. The Morgan fingerprint density at radius 3 is 2.90 bits per heavy atom. The van der Waals surface area contributed by atoms with E-state index in [2.05, 4.69) is 20.4 Å². The van der Waals surface area contributed by atoms with Crippen LogP contribution >= 0.6 is 11.3 Å². The molecule has 0 bridgehead atoms. The number of fused-ring (bicyclic) bond motifs is 3. The molecule has 0 aliphatic heterocycles. The molecule has 0 saturated carbocycles. The molecule has 29 heavy (non-hydrogen) atoms. The van der Waals surface area contributed by atoms with Crippen molar-refractivity contribution in [3.8, 4) is 11.5 Å². The minimum Gasteiger partial charge on any atom is -0.386 e. The van der Waals surface area contributed by atoms with E-state index >= 15 is 0 Å². The fourth-order valence-electron chi connectivity index (χ4n) is 3.74. The van der Waals surface area contributed by atoms with E-state index in [4.69, 9.17) is 9.97 Å². The molecule has 1 atom stereocenters. The molecular weight excluding hydrogens is 386 g/mol. The average molecular weight is 408 g/mol. The summed E-state index contributed by atoms with van der Waals surface area (Å²) in [6.45, 7) is 0.336. The van der Waals surface area contributed by atoms with Crippen LogP contribution in [0.4, 0.5) is 5.82 Å². The summed E-state index contributed by atoms with van der Waals surface area (Å²) in [7, 11) is 1.84. The third-order valence-corrected chi connectivity index (χ3v) is 6.37. The predicted octanol–water partition coefficient (Wildman–Crippen LogP) is 2.91. The fourth-order valence-corrected chi connectivity index (χ4v) is 5.00. The number of rotatable bonds is 5. The normalized spacial score (nSPS) is 14.7. The van der Waals surface area contributed by atoms with Crippen molar-refractivity contribution < 1.29 is 5.11 Å². The Bertz CT molecular complexity index is 1150. The van der Waals surface area contributed by atoms with Crippen LogP contribution in [0.3, 0.4) is 0 Å². The van der Waals surface area contributed by atoms with Crippen LogP contribution in [0.15, 0.2) is 31.0 Å². The first-order valence-electron chi connectivity index (χ1n) is 9.68. The second kappa shape index (κ2) is 7.49. The van der Waals surface area contributed by atoms with Gasteiger partial charge in [0.15, 0.2) is 5.82 Å². The number of aryl methyl sites for hydroxylation is 3. The standard InChI is InChI=1S/C20H21N7OS/c1-27-11-12(8-24-27)15(28)10-23-19-17-13-4-2-3-5-16(13)29-20(17)26-18(25-19)14-9-21-6-7-22-14/h6-9,11,15,28H,2-5,10H2,1H3,(H,23,25,26). The zero-order chi connectivity index (χ0) is 19.8. The molecule has 4 heterocycles. The lowest BCUT2D eigenvalue weighted by molar-refractivity contribution is 0.191. The van der Waals surface area contributed by atoms with Crippen LogP contribution in [0.25, 0.3) is 21.7 Å². The van der Waals surface area contributed by atoms with Gasteiger partial charge in [-0.2, -0.15) is 5.10 Å². The molecule has 1 unspecified atom stereocenters. The zero-order valence-electron chi connectivity index (χ0n) is 16.0. The van der Waals surface area contributed by atoms with E-state index in [1.807, 2.05) is 13.2 Å². The van der Waals surface area contributed by atoms with Gasteiger partial charge in [-0.05, 0) is 31.2 Å². The van der Waals surface area contributed by atoms with Crippen LogP contribution in [-0.2, 0) is 19.9 Å². The maximum absolute atomic E-state index is 10.6. The molecule has 8 nitrogen and oxygen atoms in total. The molecule has 148 valence electrons. The molecular formula is C20H21N7OS. The number of aliphatic hydroxyl groups is 1. The third-order valence-electron chi connectivity index (χ3n) is 5.18. The average Bonchev–Trinajstić information content (AvgIpc) is 3.35. The lowest BCUT2D eigenvalue weighted by Gasteiger charge is -2.15. The fraction of sp³-hybridized carbons (Fsp3) is 0.350. The number of hydrogen-bond acceptors (Lipinski definition) is 8. The number of thiophene rings is 1. The first-order valence-corrected chi connectivity index (χ1v) is 10.5. The van der Waals surface area contributed by atoms with Crippen molar-refractivity contribution >= 4 is 27.4 Å². The molecule has 0 radical (unpaired) electrons.